The van der Waals surface area contributed by atoms with E-state index in [0.29, 0.717) is 25.2 Å². The van der Waals surface area contributed by atoms with Crippen LogP contribution in [0.4, 0.5) is 11.4 Å². The van der Waals surface area contributed by atoms with Gasteiger partial charge in [-0.15, -0.1) is 12.4 Å². The summed E-state index contributed by atoms with van der Waals surface area (Å²) in [5.74, 6) is -1.34. The number of benzene rings is 1. The first-order valence-corrected chi connectivity index (χ1v) is 7.45. The van der Waals surface area contributed by atoms with Crippen molar-refractivity contribution < 1.29 is 19.6 Å². The lowest BCUT2D eigenvalue weighted by atomic mass is 9.98. The topological polar surface area (TPSA) is 113 Å². The van der Waals surface area contributed by atoms with Crippen molar-refractivity contribution in [3.05, 3.63) is 34.4 Å². The first-order valence-electron chi connectivity index (χ1n) is 7.45. The fourth-order valence-corrected chi connectivity index (χ4v) is 2.61. The Morgan fingerprint density at radius 3 is 2.58 bits per heavy atom. The van der Waals surface area contributed by atoms with Crippen LogP contribution in [0.3, 0.4) is 0 Å². The van der Waals surface area contributed by atoms with Crippen LogP contribution in [0.5, 0.6) is 0 Å². The largest absolute Gasteiger partial charge is 0.481 e. The van der Waals surface area contributed by atoms with Crippen molar-refractivity contribution in [2.24, 2.45) is 5.92 Å². The lowest BCUT2D eigenvalue weighted by molar-refractivity contribution is -0.384. The number of nitrogens with one attached hydrogen (secondary N) is 1. The molecule has 1 aliphatic rings. The molecule has 24 heavy (non-hydrogen) atoms. The molecule has 0 aromatic heterocycles. The Morgan fingerprint density at radius 1 is 1.33 bits per heavy atom. The normalized spacial score (nSPS) is 17.6. The van der Waals surface area contributed by atoms with Gasteiger partial charge in [-0.25, -0.2) is 0 Å². The molecule has 1 aliphatic heterocycles. The monoisotopic (exact) mass is 357 g/mol. The van der Waals surface area contributed by atoms with E-state index in [1.807, 2.05) is 4.90 Å². The molecule has 0 aliphatic carbocycles. The second kappa shape index (κ2) is 9.19. The predicted molar refractivity (Wildman–Crippen MR) is 90.4 cm³/mol. The van der Waals surface area contributed by atoms with Crippen molar-refractivity contribution in [1.82, 2.24) is 4.90 Å². The van der Waals surface area contributed by atoms with Gasteiger partial charge in [0, 0.05) is 37.3 Å². The van der Waals surface area contributed by atoms with Crippen molar-refractivity contribution in [2.75, 3.05) is 25.0 Å². The number of nitrogens with zero attached hydrogens (tertiary/aromatic N) is 2. The first-order chi connectivity index (χ1) is 11.0. The van der Waals surface area contributed by atoms with Gasteiger partial charge >= 0.3 is 5.97 Å². The molecule has 1 amide bonds. The van der Waals surface area contributed by atoms with Gasteiger partial charge in [0.05, 0.1) is 10.8 Å². The molecule has 2 N–H and O–H groups in total. The number of anilines is 1. The SMILES string of the molecule is Cl.O=C(CCN1CCCC(C(=O)O)C1)Nc1ccc([N+](=O)[O-])cc1. The molecule has 1 aromatic carbocycles. The lowest BCUT2D eigenvalue weighted by Gasteiger charge is -2.30. The van der Waals surface area contributed by atoms with E-state index in [-0.39, 0.29) is 36.3 Å². The van der Waals surface area contributed by atoms with Crippen LogP contribution < -0.4 is 5.32 Å². The highest BCUT2D eigenvalue weighted by Crippen LogP contribution is 2.18. The minimum Gasteiger partial charge on any atom is -0.481 e. The van der Waals surface area contributed by atoms with Gasteiger partial charge in [-0.05, 0) is 31.5 Å². The molecule has 132 valence electrons. The average molecular weight is 358 g/mol. The van der Waals surface area contributed by atoms with Crippen LogP contribution in [-0.2, 0) is 9.59 Å². The molecule has 0 spiro atoms. The van der Waals surface area contributed by atoms with E-state index in [1.165, 1.54) is 24.3 Å². The molecular weight excluding hydrogens is 338 g/mol. The highest BCUT2D eigenvalue weighted by atomic mass is 35.5. The first kappa shape index (κ1) is 19.9. The number of carbonyl (C=O) groups is 2. The maximum atomic E-state index is 11.9. The van der Waals surface area contributed by atoms with Crippen LogP contribution in [0.2, 0.25) is 0 Å². The standard InChI is InChI=1S/C15H19N3O5.ClH/c19-14(16-12-3-5-13(6-4-12)18(22)23)7-9-17-8-1-2-11(10-17)15(20)21;/h3-6,11H,1-2,7-10H2,(H,16,19)(H,20,21);1H. The second-order valence-electron chi connectivity index (χ2n) is 5.58. The summed E-state index contributed by atoms with van der Waals surface area (Å²) in [6, 6.07) is 5.63. The number of aliphatic carboxylic acids is 1. The summed E-state index contributed by atoms with van der Waals surface area (Å²) >= 11 is 0. The summed E-state index contributed by atoms with van der Waals surface area (Å²) < 4.78 is 0. The van der Waals surface area contributed by atoms with Gasteiger partial charge in [0.1, 0.15) is 0 Å². The number of nitro benzene ring substituents is 1. The van der Waals surface area contributed by atoms with E-state index in [0.717, 1.165) is 13.0 Å². The van der Waals surface area contributed by atoms with E-state index in [9.17, 15) is 19.7 Å². The van der Waals surface area contributed by atoms with E-state index < -0.39 is 10.9 Å². The zero-order valence-corrected chi connectivity index (χ0v) is 13.8. The van der Waals surface area contributed by atoms with Crippen molar-refractivity contribution in [2.45, 2.75) is 19.3 Å². The lowest BCUT2D eigenvalue weighted by Crippen LogP contribution is -2.40. The molecule has 0 bridgehead atoms. The number of halogens is 1. The number of hydrogen-bond acceptors (Lipinski definition) is 5. The van der Waals surface area contributed by atoms with E-state index in [2.05, 4.69) is 5.32 Å². The zero-order valence-electron chi connectivity index (χ0n) is 13.0. The zero-order chi connectivity index (χ0) is 16.8. The summed E-state index contributed by atoms with van der Waals surface area (Å²) in [5.41, 5.74) is 0.471. The number of carboxylic acid groups (broad SMARTS) is 1. The Morgan fingerprint density at radius 2 is 2.00 bits per heavy atom. The molecule has 1 unspecified atom stereocenters. The number of piperidine rings is 1. The van der Waals surface area contributed by atoms with Crippen LogP contribution in [0.15, 0.2) is 24.3 Å². The molecule has 1 heterocycles. The fraction of sp³-hybridized carbons (Fsp3) is 0.467. The Balaban J connectivity index is 0.00000288. The number of rotatable bonds is 6. The Bertz CT molecular complexity index is 593. The third-order valence-electron chi connectivity index (χ3n) is 3.87. The number of hydrogen-bond donors (Lipinski definition) is 2. The Kier molecular flexibility index (Phi) is 7.60. The van der Waals surface area contributed by atoms with Crippen LogP contribution in [0.1, 0.15) is 19.3 Å². The number of nitro groups is 1. The number of likely N-dealkylation sites (tertiary alicyclic amines) is 1. The summed E-state index contributed by atoms with van der Waals surface area (Å²) in [4.78, 5) is 34.9. The Hall–Kier alpha value is -2.19. The molecule has 9 heteroatoms. The van der Waals surface area contributed by atoms with Crippen LogP contribution in [0, 0.1) is 16.0 Å². The Labute approximate surface area is 145 Å². The van der Waals surface area contributed by atoms with Gasteiger partial charge in [-0.2, -0.15) is 0 Å². The molecule has 1 atom stereocenters. The van der Waals surface area contributed by atoms with Crippen LogP contribution in [0.25, 0.3) is 0 Å². The number of carbonyl (C=O) groups excluding carboxylic acids is 1. The predicted octanol–water partition coefficient (Wildman–Crippen LogP) is 2.14. The molecule has 1 fully saturated rings. The minimum absolute atomic E-state index is 0. The van der Waals surface area contributed by atoms with Gasteiger partial charge in [0.2, 0.25) is 5.91 Å². The van der Waals surface area contributed by atoms with E-state index in [1.54, 1.807) is 0 Å². The third kappa shape index (κ3) is 5.78. The maximum Gasteiger partial charge on any atom is 0.307 e. The molecule has 0 radical (unpaired) electrons. The summed E-state index contributed by atoms with van der Waals surface area (Å²) in [6.07, 6.45) is 1.76. The highest BCUT2D eigenvalue weighted by Gasteiger charge is 2.25. The van der Waals surface area contributed by atoms with Gasteiger partial charge < -0.3 is 15.3 Å². The second-order valence-corrected chi connectivity index (χ2v) is 5.58. The highest BCUT2D eigenvalue weighted by molar-refractivity contribution is 5.90. The molecule has 2 rings (SSSR count). The van der Waals surface area contributed by atoms with Gasteiger partial charge in [-0.1, -0.05) is 0 Å². The van der Waals surface area contributed by atoms with Gasteiger partial charge in [-0.3, -0.25) is 19.7 Å². The van der Waals surface area contributed by atoms with Gasteiger partial charge in [0.15, 0.2) is 0 Å². The number of carboxylic acids is 1. The van der Waals surface area contributed by atoms with E-state index >= 15 is 0 Å². The summed E-state index contributed by atoms with van der Waals surface area (Å²) in [7, 11) is 0. The van der Waals surface area contributed by atoms with Crippen LogP contribution >= 0.6 is 12.4 Å². The van der Waals surface area contributed by atoms with Crippen LogP contribution in [-0.4, -0.2) is 46.4 Å². The smallest absolute Gasteiger partial charge is 0.307 e. The average Bonchev–Trinajstić information content (AvgIpc) is 2.53. The fourth-order valence-electron chi connectivity index (χ4n) is 2.61. The van der Waals surface area contributed by atoms with E-state index in [4.69, 9.17) is 5.11 Å². The number of amides is 1. The molecule has 1 aromatic rings. The van der Waals surface area contributed by atoms with Gasteiger partial charge in [0.25, 0.3) is 5.69 Å². The maximum absolute atomic E-state index is 11.9. The summed E-state index contributed by atoms with van der Waals surface area (Å²) in [6.45, 7) is 1.78. The molecule has 8 nitrogen and oxygen atoms in total. The minimum atomic E-state index is -0.787. The number of non-ortho nitro benzene ring substituents is 1. The van der Waals surface area contributed by atoms with Crippen molar-refractivity contribution in [3.63, 3.8) is 0 Å². The molecule has 1 saturated heterocycles. The van der Waals surface area contributed by atoms with Crippen molar-refractivity contribution >= 4 is 35.7 Å². The third-order valence-corrected chi connectivity index (χ3v) is 3.87. The summed E-state index contributed by atoms with van der Waals surface area (Å²) in [5, 5.41) is 22.3. The molecule has 0 saturated carbocycles. The van der Waals surface area contributed by atoms with Crippen molar-refractivity contribution in [1.29, 1.82) is 0 Å². The molecular formula is C15H20ClN3O5. The quantitative estimate of drug-likeness (QED) is 0.595. The van der Waals surface area contributed by atoms with Crippen molar-refractivity contribution in [3.8, 4) is 0 Å².